The van der Waals surface area contributed by atoms with Crippen molar-refractivity contribution in [2.45, 2.75) is 26.7 Å². The van der Waals surface area contributed by atoms with Crippen LogP contribution < -0.4 is 0 Å². The van der Waals surface area contributed by atoms with Crippen LogP contribution in [0, 0.1) is 11.3 Å². The Labute approximate surface area is 88.9 Å². The zero-order valence-corrected chi connectivity index (χ0v) is 9.11. The molecule has 0 aromatic heterocycles. The molecule has 0 atom stereocenters. The fraction of sp³-hybridized carbons (Fsp3) is 0.500. The van der Waals surface area contributed by atoms with Gasteiger partial charge in [-0.15, -0.1) is 0 Å². The van der Waals surface area contributed by atoms with E-state index in [1.165, 1.54) is 7.05 Å². The molecule has 0 saturated carbocycles. The third-order valence-electron chi connectivity index (χ3n) is 1.63. The molecule has 0 aliphatic heterocycles. The molecule has 5 nitrogen and oxygen atoms in total. The molecule has 1 amide bonds. The first kappa shape index (κ1) is 13.2. The molecule has 5 heteroatoms. The van der Waals surface area contributed by atoms with Crippen molar-refractivity contribution in [2.75, 3.05) is 7.05 Å². The number of carbonyl (C=O) groups excluding carboxylic acids is 2. The van der Waals surface area contributed by atoms with E-state index >= 15 is 0 Å². The summed E-state index contributed by atoms with van der Waals surface area (Å²) in [6, 6.07) is 1.68. The smallest absolute Gasteiger partial charge is 0.333 e. The molecule has 0 N–H and O–H groups in total. The van der Waals surface area contributed by atoms with E-state index in [9.17, 15) is 9.59 Å². The van der Waals surface area contributed by atoms with Gasteiger partial charge in [0.2, 0.25) is 0 Å². The van der Waals surface area contributed by atoms with Crippen LogP contribution in [-0.2, 0) is 14.4 Å². The second-order valence-corrected chi connectivity index (χ2v) is 2.90. The Balaban J connectivity index is 4.25. The van der Waals surface area contributed by atoms with E-state index < -0.39 is 11.9 Å². The summed E-state index contributed by atoms with van der Waals surface area (Å²) in [7, 11) is 1.30. The number of allylic oxidation sites excluding steroid dienone is 1. The van der Waals surface area contributed by atoms with E-state index in [0.29, 0.717) is 5.57 Å². The number of hydroxylamine groups is 2. The van der Waals surface area contributed by atoms with Crippen LogP contribution in [0.25, 0.3) is 0 Å². The molecule has 0 aliphatic carbocycles. The summed E-state index contributed by atoms with van der Waals surface area (Å²) in [5.41, 5.74) is 0.439. The zero-order chi connectivity index (χ0) is 11.8. The highest BCUT2D eigenvalue weighted by Crippen LogP contribution is 2.01. The van der Waals surface area contributed by atoms with Crippen LogP contribution in [0.4, 0.5) is 0 Å². The summed E-state index contributed by atoms with van der Waals surface area (Å²) in [5.74, 6) is -1.12. The normalized spacial score (nSPS) is 10.4. The van der Waals surface area contributed by atoms with Crippen molar-refractivity contribution in [1.29, 1.82) is 5.26 Å². The fourth-order valence-corrected chi connectivity index (χ4v) is 0.816. The number of amides is 1. The number of carbonyl (C=O) groups is 2. The molecule has 82 valence electrons. The third kappa shape index (κ3) is 4.81. The van der Waals surface area contributed by atoms with E-state index in [-0.39, 0.29) is 6.42 Å². The Bertz CT molecular complexity index is 315. The molecule has 0 rings (SSSR count). The highest BCUT2D eigenvalue weighted by atomic mass is 16.7. The van der Waals surface area contributed by atoms with Crippen LogP contribution >= 0.6 is 0 Å². The van der Waals surface area contributed by atoms with Crippen molar-refractivity contribution in [3.63, 3.8) is 0 Å². The van der Waals surface area contributed by atoms with Gasteiger partial charge in [0, 0.05) is 12.6 Å². The van der Waals surface area contributed by atoms with Crippen molar-refractivity contribution in [1.82, 2.24) is 5.06 Å². The summed E-state index contributed by atoms with van der Waals surface area (Å²) in [5, 5.41) is 9.04. The van der Waals surface area contributed by atoms with Gasteiger partial charge in [0.05, 0.1) is 6.07 Å². The van der Waals surface area contributed by atoms with Crippen molar-refractivity contribution in [2.24, 2.45) is 0 Å². The maximum atomic E-state index is 11.3. The van der Waals surface area contributed by atoms with E-state index in [4.69, 9.17) is 10.1 Å². The summed E-state index contributed by atoms with van der Waals surface area (Å²) >= 11 is 0. The highest BCUT2D eigenvalue weighted by Gasteiger charge is 2.14. The van der Waals surface area contributed by atoms with Gasteiger partial charge in [0.1, 0.15) is 6.42 Å². The van der Waals surface area contributed by atoms with Gasteiger partial charge < -0.3 is 4.84 Å². The number of hydrogen-bond donors (Lipinski definition) is 0. The lowest BCUT2D eigenvalue weighted by molar-refractivity contribution is -0.188. The van der Waals surface area contributed by atoms with Gasteiger partial charge in [-0.3, -0.25) is 4.79 Å². The van der Waals surface area contributed by atoms with E-state index in [0.717, 1.165) is 11.5 Å². The van der Waals surface area contributed by atoms with Crippen LogP contribution in [0.15, 0.2) is 11.6 Å². The average Bonchev–Trinajstić information content (AvgIpc) is 2.18. The number of rotatable bonds is 3. The quantitative estimate of drug-likeness (QED) is 0.518. The first-order valence-corrected chi connectivity index (χ1v) is 4.55. The third-order valence-corrected chi connectivity index (χ3v) is 1.63. The SMILES string of the molecule is CCC=C(C)C(=O)ON(C)C(=O)CC#N. The predicted octanol–water partition coefficient (Wildman–Crippen LogP) is 1.17. The molecule has 0 saturated heterocycles. The number of hydrogen-bond acceptors (Lipinski definition) is 4. The molecule has 0 aromatic rings. The topological polar surface area (TPSA) is 70.4 Å². The molecular weight excluding hydrogens is 196 g/mol. The van der Waals surface area contributed by atoms with Gasteiger partial charge in [-0.1, -0.05) is 13.0 Å². The van der Waals surface area contributed by atoms with E-state index in [1.807, 2.05) is 6.92 Å². The predicted molar refractivity (Wildman–Crippen MR) is 53.1 cm³/mol. The van der Waals surface area contributed by atoms with Crippen LogP contribution in [0.2, 0.25) is 0 Å². The highest BCUT2D eigenvalue weighted by molar-refractivity contribution is 5.89. The number of nitrogens with zero attached hydrogens (tertiary/aromatic N) is 2. The van der Waals surface area contributed by atoms with E-state index in [2.05, 4.69) is 0 Å². The van der Waals surface area contributed by atoms with Crippen LogP contribution in [-0.4, -0.2) is 24.0 Å². The Morgan fingerprint density at radius 1 is 1.53 bits per heavy atom. The van der Waals surface area contributed by atoms with Crippen LogP contribution in [0.3, 0.4) is 0 Å². The van der Waals surface area contributed by atoms with Crippen molar-refractivity contribution < 1.29 is 14.4 Å². The van der Waals surface area contributed by atoms with Gasteiger partial charge in [-0.2, -0.15) is 10.3 Å². The fourth-order valence-electron chi connectivity index (χ4n) is 0.816. The second kappa shape index (κ2) is 6.60. The Morgan fingerprint density at radius 2 is 2.13 bits per heavy atom. The largest absolute Gasteiger partial charge is 0.358 e. The maximum Gasteiger partial charge on any atom is 0.358 e. The minimum Gasteiger partial charge on any atom is -0.333 e. The zero-order valence-electron chi connectivity index (χ0n) is 9.11. The minimum atomic E-state index is -0.578. The molecule has 0 spiro atoms. The lowest BCUT2D eigenvalue weighted by atomic mass is 10.2. The number of nitriles is 1. The Kier molecular flexibility index (Phi) is 5.79. The Morgan fingerprint density at radius 3 is 2.60 bits per heavy atom. The van der Waals surface area contributed by atoms with Crippen molar-refractivity contribution in [3.8, 4) is 6.07 Å². The van der Waals surface area contributed by atoms with Crippen LogP contribution in [0.5, 0.6) is 0 Å². The lowest BCUT2D eigenvalue weighted by Gasteiger charge is -2.14. The summed E-state index contributed by atoms with van der Waals surface area (Å²) in [6.07, 6.45) is 2.11. The van der Waals surface area contributed by atoms with Crippen molar-refractivity contribution in [3.05, 3.63) is 11.6 Å². The van der Waals surface area contributed by atoms with Gasteiger partial charge in [0.15, 0.2) is 0 Å². The molecule has 0 unspecified atom stereocenters. The molecule has 0 radical (unpaired) electrons. The van der Waals surface area contributed by atoms with Gasteiger partial charge in [-0.05, 0) is 13.3 Å². The first-order valence-electron chi connectivity index (χ1n) is 4.55. The van der Waals surface area contributed by atoms with Crippen molar-refractivity contribution >= 4 is 11.9 Å². The summed E-state index contributed by atoms with van der Waals surface area (Å²) in [6.45, 7) is 3.50. The molecule has 0 bridgehead atoms. The maximum absolute atomic E-state index is 11.3. The lowest BCUT2D eigenvalue weighted by Crippen LogP contribution is -2.29. The molecule has 0 aliphatic rings. The van der Waals surface area contributed by atoms with Gasteiger partial charge >= 0.3 is 5.97 Å². The van der Waals surface area contributed by atoms with Gasteiger partial charge in [-0.25, -0.2) is 4.79 Å². The summed E-state index contributed by atoms with van der Waals surface area (Å²) < 4.78 is 0. The average molecular weight is 210 g/mol. The molecule has 0 heterocycles. The molecule has 0 aromatic carbocycles. The van der Waals surface area contributed by atoms with Crippen LogP contribution in [0.1, 0.15) is 26.7 Å². The molecule has 15 heavy (non-hydrogen) atoms. The first-order chi connectivity index (χ1) is 7.02. The monoisotopic (exact) mass is 210 g/mol. The standard InChI is InChI=1S/C10H14N2O3/c1-4-5-8(2)10(14)15-12(3)9(13)6-7-11/h5H,4,6H2,1-3H3. The van der Waals surface area contributed by atoms with E-state index in [1.54, 1.807) is 19.1 Å². The summed E-state index contributed by atoms with van der Waals surface area (Å²) in [4.78, 5) is 27.1. The molecular formula is C10H14N2O3. The second-order valence-electron chi connectivity index (χ2n) is 2.90. The Hall–Kier alpha value is -1.83. The minimum absolute atomic E-state index is 0.305. The molecule has 0 fully saturated rings. The van der Waals surface area contributed by atoms with Gasteiger partial charge in [0.25, 0.3) is 5.91 Å².